The van der Waals surface area contributed by atoms with Crippen LogP contribution in [0.2, 0.25) is 0 Å². The van der Waals surface area contributed by atoms with Crippen LogP contribution in [0.15, 0.2) is 43.0 Å². The number of pyridine rings is 1. The lowest BCUT2D eigenvalue weighted by molar-refractivity contribution is -0.155. The van der Waals surface area contributed by atoms with E-state index in [4.69, 9.17) is 0 Å². The monoisotopic (exact) mass is 336 g/mol. The second kappa shape index (κ2) is 5.70. The summed E-state index contributed by atoms with van der Waals surface area (Å²) in [6.45, 7) is 1.87. The smallest absolute Gasteiger partial charge is 0.337 e. The molecule has 3 aromatic rings. The fourth-order valence-corrected chi connectivity index (χ4v) is 2.57. The predicted molar refractivity (Wildman–Crippen MR) is 81.6 cm³/mol. The highest BCUT2D eigenvalue weighted by atomic mass is 19.4. The van der Waals surface area contributed by atoms with Gasteiger partial charge in [0, 0.05) is 36.7 Å². The second-order valence-corrected chi connectivity index (χ2v) is 5.61. The maximum absolute atomic E-state index is 13.3. The predicted octanol–water partition coefficient (Wildman–Crippen LogP) is 3.01. The first kappa shape index (κ1) is 16.1. The molecule has 1 amide bonds. The summed E-state index contributed by atoms with van der Waals surface area (Å²) in [7, 11) is 1.52. The van der Waals surface area contributed by atoms with Crippen LogP contribution in [-0.2, 0) is 7.05 Å². The van der Waals surface area contributed by atoms with Crippen molar-refractivity contribution in [1.29, 1.82) is 0 Å². The van der Waals surface area contributed by atoms with E-state index in [1.807, 2.05) is 13.0 Å². The molecule has 1 atom stereocenters. The van der Waals surface area contributed by atoms with Gasteiger partial charge in [-0.15, -0.1) is 0 Å². The molecule has 0 unspecified atom stereocenters. The SMILES string of the molecule is Cc1cccn2cc(C(=O)N[C@H](c3cnn(C)c3)C(F)(F)F)cc12. The van der Waals surface area contributed by atoms with E-state index in [9.17, 15) is 18.0 Å². The van der Waals surface area contributed by atoms with E-state index in [1.54, 1.807) is 22.7 Å². The summed E-state index contributed by atoms with van der Waals surface area (Å²) in [5, 5.41) is 5.79. The Morgan fingerprint density at radius 2 is 2.08 bits per heavy atom. The van der Waals surface area contributed by atoms with Gasteiger partial charge in [0.1, 0.15) is 0 Å². The molecule has 0 aliphatic heterocycles. The van der Waals surface area contributed by atoms with Crippen molar-refractivity contribution in [2.24, 2.45) is 7.05 Å². The number of fused-ring (bicyclic) bond motifs is 1. The van der Waals surface area contributed by atoms with E-state index in [0.29, 0.717) is 0 Å². The molecular formula is C16H15F3N4O. The summed E-state index contributed by atoms with van der Waals surface area (Å²) in [5.41, 5.74) is 1.75. The van der Waals surface area contributed by atoms with Gasteiger partial charge in [-0.1, -0.05) is 6.07 Å². The quantitative estimate of drug-likeness (QED) is 0.799. The summed E-state index contributed by atoms with van der Waals surface area (Å²) < 4.78 is 42.9. The molecule has 3 heterocycles. The van der Waals surface area contributed by atoms with Crippen LogP contribution >= 0.6 is 0 Å². The maximum atomic E-state index is 13.3. The lowest BCUT2D eigenvalue weighted by Crippen LogP contribution is -2.37. The second-order valence-electron chi connectivity index (χ2n) is 5.61. The van der Waals surface area contributed by atoms with Crippen molar-refractivity contribution in [2.45, 2.75) is 19.1 Å². The van der Waals surface area contributed by atoms with Crippen LogP contribution < -0.4 is 5.32 Å². The zero-order valence-electron chi connectivity index (χ0n) is 13.0. The van der Waals surface area contributed by atoms with E-state index in [1.165, 1.54) is 24.1 Å². The lowest BCUT2D eigenvalue weighted by atomic mass is 10.1. The molecule has 0 bridgehead atoms. The van der Waals surface area contributed by atoms with E-state index in [2.05, 4.69) is 10.4 Å². The highest BCUT2D eigenvalue weighted by Crippen LogP contribution is 2.32. The summed E-state index contributed by atoms with van der Waals surface area (Å²) in [4.78, 5) is 12.3. The number of aromatic nitrogens is 3. The van der Waals surface area contributed by atoms with Crippen LogP contribution in [0.1, 0.15) is 27.5 Å². The van der Waals surface area contributed by atoms with E-state index >= 15 is 0 Å². The average molecular weight is 336 g/mol. The average Bonchev–Trinajstić information content (AvgIpc) is 3.10. The van der Waals surface area contributed by atoms with Crippen LogP contribution in [0, 0.1) is 6.92 Å². The van der Waals surface area contributed by atoms with Gasteiger partial charge in [-0.3, -0.25) is 9.48 Å². The van der Waals surface area contributed by atoms with Crippen LogP contribution in [-0.4, -0.2) is 26.3 Å². The molecule has 0 radical (unpaired) electrons. The largest absolute Gasteiger partial charge is 0.413 e. The van der Waals surface area contributed by atoms with Crippen molar-refractivity contribution >= 4 is 11.4 Å². The maximum Gasteiger partial charge on any atom is 0.413 e. The number of amides is 1. The first-order valence-electron chi connectivity index (χ1n) is 7.19. The van der Waals surface area contributed by atoms with Crippen molar-refractivity contribution < 1.29 is 18.0 Å². The number of aryl methyl sites for hydroxylation is 2. The summed E-state index contributed by atoms with van der Waals surface area (Å²) >= 11 is 0. The van der Waals surface area contributed by atoms with Gasteiger partial charge in [0.05, 0.1) is 11.8 Å². The number of hydrogen-bond donors (Lipinski definition) is 1. The van der Waals surface area contributed by atoms with Crippen molar-refractivity contribution in [2.75, 3.05) is 0 Å². The van der Waals surface area contributed by atoms with Gasteiger partial charge in [-0.2, -0.15) is 18.3 Å². The molecule has 126 valence electrons. The first-order valence-corrected chi connectivity index (χ1v) is 7.19. The number of carbonyl (C=O) groups is 1. The highest BCUT2D eigenvalue weighted by molar-refractivity contribution is 5.96. The molecule has 0 aromatic carbocycles. The lowest BCUT2D eigenvalue weighted by Gasteiger charge is -2.20. The Morgan fingerprint density at radius 1 is 1.33 bits per heavy atom. The Kier molecular flexibility index (Phi) is 3.82. The van der Waals surface area contributed by atoms with Crippen LogP contribution in [0.5, 0.6) is 0 Å². The van der Waals surface area contributed by atoms with Gasteiger partial charge in [0.25, 0.3) is 5.91 Å². The first-order chi connectivity index (χ1) is 11.3. The molecule has 0 fully saturated rings. The van der Waals surface area contributed by atoms with Crippen LogP contribution in [0.25, 0.3) is 5.52 Å². The van der Waals surface area contributed by atoms with Crippen molar-refractivity contribution in [1.82, 2.24) is 19.5 Å². The zero-order valence-corrected chi connectivity index (χ0v) is 13.0. The number of nitrogens with zero attached hydrogens (tertiary/aromatic N) is 3. The minimum atomic E-state index is -4.62. The Bertz CT molecular complexity index is 894. The van der Waals surface area contributed by atoms with Crippen molar-refractivity contribution in [3.8, 4) is 0 Å². The van der Waals surface area contributed by atoms with Crippen molar-refractivity contribution in [3.05, 3.63) is 59.7 Å². The Morgan fingerprint density at radius 3 is 2.67 bits per heavy atom. The molecule has 1 N–H and O–H groups in total. The molecule has 0 spiro atoms. The third-order valence-corrected chi connectivity index (χ3v) is 3.77. The molecule has 3 rings (SSSR count). The number of carbonyl (C=O) groups excluding carboxylic acids is 1. The summed E-state index contributed by atoms with van der Waals surface area (Å²) in [6, 6.07) is 3.13. The van der Waals surface area contributed by atoms with Crippen LogP contribution in [0.4, 0.5) is 13.2 Å². The zero-order chi connectivity index (χ0) is 17.5. The van der Waals surface area contributed by atoms with Gasteiger partial charge < -0.3 is 9.72 Å². The normalized spacial score (nSPS) is 13.2. The highest BCUT2D eigenvalue weighted by Gasteiger charge is 2.42. The van der Waals surface area contributed by atoms with Gasteiger partial charge >= 0.3 is 6.18 Å². The summed E-state index contributed by atoms with van der Waals surface area (Å²) in [6.07, 6.45) is 0.960. The third kappa shape index (κ3) is 2.99. The Hall–Kier alpha value is -2.77. The van der Waals surface area contributed by atoms with E-state index in [-0.39, 0.29) is 11.1 Å². The minimum Gasteiger partial charge on any atom is -0.337 e. The van der Waals surface area contributed by atoms with Gasteiger partial charge in [-0.05, 0) is 24.6 Å². The van der Waals surface area contributed by atoms with E-state index < -0.39 is 18.1 Å². The molecule has 0 saturated carbocycles. The standard InChI is InChI=1S/C16H15F3N4O/c1-10-4-3-5-23-9-11(6-13(10)23)15(24)21-14(16(17,18)19)12-7-20-22(2)8-12/h3-9,14H,1-2H3,(H,21,24)/t14-/m1/s1. The number of rotatable bonds is 3. The number of nitrogens with one attached hydrogen (secondary N) is 1. The molecule has 24 heavy (non-hydrogen) atoms. The molecular weight excluding hydrogens is 321 g/mol. The Balaban J connectivity index is 1.91. The Labute approximate surface area is 135 Å². The molecule has 5 nitrogen and oxygen atoms in total. The van der Waals surface area contributed by atoms with Crippen molar-refractivity contribution in [3.63, 3.8) is 0 Å². The molecule has 3 aromatic heterocycles. The van der Waals surface area contributed by atoms with E-state index in [0.717, 1.165) is 17.3 Å². The van der Waals surface area contributed by atoms with Gasteiger partial charge in [-0.25, -0.2) is 0 Å². The topological polar surface area (TPSA) is 51.3 Å². The molecule has 0 aliphatic rings. The van der Waals surface area contributed by atoms with Gasteiger partial charge in [0.2, 0.25) is 0 Å². The number of hydrogen-bond acceptors (Lipinski definition) is 2. The van der Waals surface area contributed by atoms with Crippen LogP contribution in [0.3, 0.4) is 0 Å². The molecule has 0 saturated heterocycles. The fourth-order valence-electron chi connectivity index (χ4n) is 2.57. The number of halogens is 3. The fraction of sp³-hybridized carbons (Fsp3) is 0.250. The molecule has 8 heteroatoms. The van der Waals surface area contributed by atoms with Gasteiger partial charge in [0.15, 0.2) is 6.04 Å². The molecule has 0 aliphatic carbocycles. The third-order valence-electron chi connectivity index (χ3n) is 3.77. The summed E-state index contributed by atoms with van der Waals surface area (Å²) in [5.74, 6) is -0.788. The number of alkyl halides is 3. The minimum absolute atomic E-state index is 0.113.